The fraction of sp³-hybridized carbons (Fsp3) is 0.611. The fourth-order valence-electron chi connectivity index (χ4n) is 3.79. The van der Waals surface area contributed by atoms with Crippen molar-refractivity contribution in [2.24, 2.45) is 5.92 Å². The van der Waals surface area contributed by atoms with Crippen LogP contribution >= 0.6 is 0 Å². The summed E-state index contributed by atoms with van der Waals surface area (Å²) in [6.07, 6.45) is 1.11. The number of carbonyl (C=O) groups excluding carboxylic acids is 1. The van der Waals surface area contributed by atoms with E-state index < -0.39 is 10.0 Å². The minimum absolute atomic E-state index is 0.0980. The van der Waals surface area contributed by atoms with Crippen molar-refractivity contribution in [3.05, 3.63) is 29.8 Å². The Hall–Kier alpha value is -1.48. The Morgan fingerprint density at radius 3 is 2.88 bits per heavy atom. The molecule has 8 heteroatoms. The van der Waals surface area contributed by atoms with Gasteiger partial charge >= 0.3 is 0 Å². The van der Waals surface area contributed by atoms with Gasteiger partial charge in [0.15, 0.2) is 0 Å². The normalized spacial score (nSPS) is 23.4. The van der Waals surface area contributed by atoms with E-state index in [1.54, 1.807) is 12.1 Å². The van der Waals surface area contributed by atoms with E-state index in [4.69, 9.17) is 4.74 Å². The Kier molecular flexibility index (Phi) is 5.96. The van der Waals surface area contributed by atoms with Crippen LogP contribution in [0, 0.1) is 5.92 Å². The van der Waals surface area contributed by atoms with Gasteiger partial charge in [-0.25, -0.2) is 13.1 Å². The van der Waals surface area contributed by atoms with E-state index in [-0.39, 0.29) is 17.3 Å². The van der Waals surface area contributed by atoms with Crippen molar-refractivity contribution in [3.63, 3.8) is 0 Å². The van der Waals surface area contributed by atoms with Gasteiger partial charge in [0.1, 0.15) is 0 Å². The number of nitrogens with zero attached hydrogens (tertiary/aromatic N) is 2. The first kappa shape index (κ1) is 19.3. The molecule has 0 aliphatic carbocycles. The van der Waals surface area contributed by atoms with Gasteiger partial charge in [0.2, 0.25) is 10.0 Å². The molecule has 2 aliphatic heterocycles. The molecule has 144 valence electrons. The molecule has 0 spiro atoms. The third-order valence-corrected chi connectivity index (χ3v) is 6.71. The van der Waals surface area contributed by atoms with Crippen LogP contribution in [-0.4, -0.2) is 76.6 Å². The van der Waals surface area contributed by atoms with E-state index in [2.05, 4.69) is 16.7 Å². The van der Waals surface area contributed by atoms with Crippen LogP contribution in [0.4, 0.5) is 0 Å². The van der Waals surface area contributed by atoms with Crippen molar-refractivity contribution in [2.45, 2.75) is 24.3 Å². The Labute approximate surface area is 155 Å². The van der Waals surface area contributed by atoms with Crippen LogP contribution in [0.5, 0.6) is 0 Å². The second-order valence-electron chi connectivity index (χ2n) is 6.93. The summed E-state index contributed by atoms with van der Waals surface area (Å²) >= 11 is 0. The predicted octanol–water partition coefficient (Wildman–Crippen LogP) is 0.778. The van der Waals surface area contributed by atoms with E-state index >= 15 is 0 Å². The lowest BCUT2D eigenvalue weighted by molar-refractivity contribution is 0.0774. The molecule has 2 heterocycles. The number of ether oxygens (including phenoxy) is 1. The Morgan fingerprint density at radius 2 is 2.15 bits per heavy atom. The van der Waals surface area contributed by atoms with E-state index in [1.165, 1.54) is 12.1 Å². The van der Waals surface area contributed by atoms with Gasteiger partial charge in [0.05, 0.1) is 11.5 Å². The zero-order valence-electron chi connectivity index (χ0n) is 15.3. The minimum atomic E-state index is -3.65. The maximum Gasteiger partial charge on any atom is 0.253 e. The minimum Gasteiger partial charge on any atom is -0.380 e. The van der Waals surface area contributed by atoms with Gasteiger partial charge < -0.3 is 14.5 Å². The number of rotatable bonds is 7. The molecule has 0 bridgehead atoms. The van der Waals surface area contributed by atoms with Crippen molar-refractivity contribution in [2.75, 3.05) is 46.4 Å². The molecular formula is C18H27N3O4S. The summed E-state index contributed by atoms with van der Waals surface area (Å²) in [5.74, 6) is 0.426. The highest BCUT2D eigenvalue weighted by molar-refractivity contribution is 7.89. The molecular weight excluding hydrogens is 354 g/mol. The zero-order valence-corrected chi connectivity index (χ0v) is 16.2. The Morgan fingerprint density at radius 1 is 1.35 bits per heavy atom. The highest BCUT2D eigenvalue weighted by atomic mass is 32.2. The first-order valence-electron chi connectivity index (χ1n) is 9.09. The second kappa shape index (κ2) is 8.04. The van der Waals surface area contributed by atoms with Crippen LogP contribution in [0.15, 0.2) is 29.2 Å². The molecule has 1 aromatic carbocycles. The molecule has 2 aliphatic rings. The maximum atomic E-state index is 12.8. The summed E-state index contributed by atoms with van der Waals surface area (Å²) in [6.45, 7) is 5.46. The molecule has 2 saturated heterocycles. The van der Waals surface area contributed by atoms with Crippen molar-refractivity contribution in [1.29, 1.82) is 0 Å². The van der Waals surface area contributed by atoms with Gasteiger partial charge in [0, 0.05) is 37.8 Å². The lowest BCUT2D eigenvalue weighted by Crippen LogP contribution is -2.35. The third kappa shape index (κ3) is 4.09. The SMILES string of the molecule is CCOCCNS(=O)(=O)c1cccc(C(=O)N2C[C@@H]3CCN(C)[C@@H]3C2)c1. The van der Waals surface area contributed by atoms with Gasteiger partial charge in [-0.1, -0.05) is 6.07 Å². The zero-order chi connectivity index (χ0) is 18.7. The first-order valence-corrected chi connectivity index (χ1v) is 10.6. The van der Waals surface area contributed by atoms with E-state index in [0.717, 1.165) is 19.5 Å². The predicted molar refractivity (Wildman–Crippen MR) is 98.6 cm³/mol. The summed E-state index contributed by atoms with van der Waals surface area (Å²) in [7, 11) is -1.56. The molecule has 0 aromatic heterocycles. The molecule has 1 amide bonds. The van der Waals surface area contributed by atoms with Gasteiger partial charge in [-0.15, -0.1) is 0 Å². The summed E-state index contributed by atoms with van der Waals surface area (Å²) in [4.78, 5) is 17.1. The number of carbonyl (C=O) groups is 1. The standard InChI is InChI=1S/C18H27N3O4S/c1-3-25-10-8-19-26(23,24)16-6-4-5-14(11-16)18(22)21-12-15-7-9-20(2)17(15)13-21/h4-6,11,15,17,19H,3,7-10,12-13H2,1-2H3/t15-,17+/m0/s1. The van der Waals surface area contributed by atoms with Crippen LogP contribution in [0.25, 0.3) is 0 Å². The van der Waals surface area contributed by atoms with Gasteiger partial charge in [-0.2, -0.15) is 0 Å². The van der Waals surface area contributed by atoms with Crippen LogP contribution in [-0.2, 0) is 14.8 Å². The highest BCUT2D eigenvalue weighted by Gasteiger charge is 2.41. The lowest BCUT2D eigenvalue weighted by atomic mass is 10.1. The number of hydrogen-bond donors (Lipinski definition) is 1. The number of likely N-dealkylation sites (tertiary alicyclic amines) is 2. The van der Waals surface area contributed by atoms with Crippen LogP contribution in [0.3, 0.4) is 0 Å². The largest absolute Gasteiger partial charge is 0.380 e. The molecule has 2 atom stereocenters. The average Bonchev–Trinajstić information content (AvgIpc) is 3.20. The van der Waals surface area contributed by atoms with Crippen LogP contribution < -0.4 is 4.72 Å². The number of nitrogens with one attached hydrogen (secondary N) is 1. The molecule has 1 N–H and O–H groups in total. The molecule has 1 aromatic rings. The van der Waals surface area contributed by atoms with E-state index in [1.807, 2.05) is 11.8 Å². The summed E-state index contributed by atoms with van der Waals surface area (Å²) in [6, 6.07) is 6.69. The summed E-state index contributed by atoms with van der Waals surface area (Å²) in [5, 5.41) is 0. The number of benzene rings is 1. The quantitative estimate of drug-likeness (QED) is 0.706. The smallest absolute Gasteiger partial charge is 0.253 e. The Bertz CT molecular complexity index is 753. The first-order chi connectivity index (χ1) is 12.4. The molecule has 26 heavy (non-hydrogen) atoms. The van der Waals surface area contributed by atoms with Gasteiger partial charge in [-0.3, -0.25) is 4.79 Å². The number of fused-ring (bicyclic) bond motifs is 1. The second-order valence-corrected chi connectivity index (χ2v) is 8.70. The average molecular weight is 381 g/mol. The maximum absolute atomic E-state index is 12.8. The van der Waals surface area contributed by atoms with E-state index in [9.17, 15) is 13.2 Å². The molecule has 0 saturated carbocycles. The number of hydrogen-bond acceptors (Lipinski definition) is 5. The third-order valence-electron chi connectivity index (χ3n) is 5.25. The molecule has 7 nitrogen and oxygen atoms in total. The fourth-order valence-corrected chi connectivity index (χ4v) is 4.85. The van der Waals surface area contributed by atoms with Crippen molar-refractivity contribution >= 4 is 15.9 Å². The van der Waals surface area contributed by atoms with Crippen molar-refractivity contribution < 1.29 is 17.9 Å². The highest BCUT2D eigenvalue weighted by Crippen LogP contribution is 2.31. The number of amides is 1. The monoisotopic (exact) mass is 381 g/mol. The van der Waals surface area contributed by atoms with Gasteiger partial charge in [-0.05, 0) is 51.1 Å². The van der Waals surface area contributed by atoms with Crippen LogP contribution in [0.2, 0.25) is 0 Å². The molecule has 0 unspecified atom stereocenters. The molecule has 2 fully saturated rings. The topological polar surface area (TPSA) is 78.9 Å². The summed E-state index contributed by atoms with van der Waals surface area (Å²) in [5.41, 5.74) is 0.417. The number of likely N-dealkylation sites (N-methyl/N-ethyl adjacent to an activating group) is 1. The van der Waals surface area contributed by atoms with Gasteiger partial charge in [0.25, 0.3) is 5.91 Å². The van der Waals surface area contributed by atoms with Crippen molar-refractivity contribution in [3.8, 4) is 0 Å². The van der Waals surface area contributed by atoms with Crippen LogP contribution in [0.1, 0.15) is 23.7 Å². The molecule has 0 radical (unpaired) electrons. The number of sulfonamides is 1. The lowest BCUT2D eigenvalue weighted by Gasteiger charge is -2.21. The summed E-state index contributed by atoms with van der Waals surface area (Å²) < 4.78 is 32.4. The van der Waals surface area contributed by atoms with E-state index in [0.29, 0.717) is 37.3 Å². The van der Waals surface area contributed by atoms with Crippen molar-refractivity contribution in [1.82, 2.24) is 14.5 Å². The molecule has 3 rings (SSSR count). The Balaban J connectivity index is 1.68.